The predicted molar refractivity (Wildman–Crippen MR) is 283 cm³/mol. The molecule has 6 heterocycles. The molecule has 0 spiro atoms. The fourth-order valence-electron chi connectivity index (χ4n) is 9.94. The van der Waals surface area contributed by atoms with E-state index >= 15 is 0 Å². The Balaban J connectivity index is 0.820. The summed E-state index contributed by atoms with van der Waals surface area (Å²) < 4.78 is 21.3. The van der Waals surface area contributed by atoms with E-state index in [2.05, 4.69) is 42.3 Å². The number of methoxy groups -OCH3 is 2. The molecule has 6 aromatic rings. The number of urea groups is 1. The van der Waals surface area contributed by atoms with Crippen molar-refractivity contribution in [2.24, 2.45) is 15.6 Å². The standard InChI is InChI=1S/C54H61N13O9/c1-10-22-64-48(70)37-30-55-50(59-46(37)67(64)43-16-12-15-42(57-43)54(6,7)73)56-33-17-19-35(20-18-33)62-24-26-63(27-25-62)49(71)52(2,3)32-53(4,5)76-45-40(74-8)28-34(29-41(45)75-9)60-61-39-14-11-13-36-38(39)31-66(47(36)69)65-23-21-44(68)58-51(65)72/h10-20,28-30,73H,1,21-27,31-32H2,2-9H3,(H,55,56,59)(H,58,68,72). The Hall–Kier alpha value is -8.66. The van der Waals surface area contributed by atoms with Crippen LogP contribution in [0.25, 0.3) is 16.9 Å². The number of nitrogens with one attached hydrogen (secondary N) is 2. The maximum absolute atomic E-state index is 14.3. The number of ether oxygens (including phenoxy) is 3. The molecular formula is C54H61N13O9. The van der Waals surface area contributed by atoms with Gasteiger partial charge in [0.1, 0.15) is 16.6 Å². The highest BCUT2D eigenvalue weighted by molar-refractivity contribution is 6.02. The molecule has 2 saturated heterocycles. The van der Waals surface area contributed by atoms with Crippen LogP contribution >= 0.6 is 0 Å². The van der Waals surface area contributed by atoms with Gasteiger partial charge in [0.2, 0.25) is 23.5 Å². The summed E-state index contributed by atoms with van der Waals surface area (Å²) >= 11 is 0. The van der Waals surface area contributed by atoms with Crippen LogP contribution in [-0.2, 0) is 28.3 Å². The quantitative estimate of drug-likeness (QED) is 0.0600. The molecule has 9 rings (SSSR count). The van der Waals surface area contributed by atoms with E-state index in [1.54, 1.807) is 73.1 Å². The van der Waals surface area contributed by atoms with Crippen molar-refractivity contribution in [3.05, 3.63) is 119 Å². The molecule has 0 saturated carbocycles. The molecular weight excluding hydrogens is 975 g/mol. The van der Waals surface area contributed by atoms with E-state index in [0.717, 1.165) is 11.4 Å². The Bertz CT molecular complexity index is 3330. The first-order chi connectivity index (χ1) is 36.2. The molecule has 76 heavy (non-hydrogen) atoms. The number of azo groups is 1. The number of fused-ring (bicyclic) bond motifs is 2. The number of pyridine rings is 1. The molecule has 3 aromatic heterocycles. The van der Waals surface area contributed by atoms with Gasteiger partial charge in [-0.05, 0) is 76.2 Å². The van der Waals surface area contributed by atoms with E-state index in [9.17, 15) is 29.1 Å². The van der Waals surface area contributed by atoms with Crippen molar-refractivity contribution in [2.45, 2.75) is 78.7 Å². The molecule has 0 radical (unpaired) electrons. The molecule has 396 valence electrons. The summed E-state index contributed by atoms with van der Waals surface area (Å²) in [6.45, 7) is 17.4. The normalized spacial score (nSPS) is 15.4. The third kappa shape index (κ3) is 10.5. The van der Waals surface area contributed by atoms with Crippen molar-refractivity contribution in [3.63, 3.8) is 0 Å². The first-order valence-corrected chi connectivity index (χ1v) is 24.8. The maximum Gasteiger partial charge on any atom is 0.342 e. The number of hydrogen-bond donors (Lipinski definition) is 3. The van der Waals surface area contributed by atoms with Crippen LogP contribution in [-0.4, -0.2) is 121 Å². The number of aromatic nitrogens is 5. The van der Waals surface area contributed by atoms with Crippen molar-refractivity contribution in [1.82, 2.24) is 44.6 Å². The van der Waals surface area contributed by atoms with Crippen molar-refractivity contribution < 1.29 is 38.5 Å². The summed E-state index contributed by atoms with van der Waals surface area (Å²) in [5.74, 6) is 0.902. The highest BCUT2D eigenvalue weighted by atomic mass is 16.5. The molecule has 0 bridgehead atoms. The molecule has 2 fully saturated rings. The van der Waals surface area contributed by atoms with Gasteiger partial charge in [0.15, 0.2) is 23.0 Å². The Kier molecular flexibility index (Phi) is 14.1. The minimum absolute atomic E-state index is 0.00697. The minimum Gasteiger partial charge on any atom is -0.493 e. The second kappa shape index (κ2) is 20.6. The Morgan fingerprint density at radius 3 is 2.22 bits per heavy atom. The average Bonchev–Trinajstić information content (AvgIpc) is 3.95. The van der Waals surface area contributed by atoms with Crippen LogP contribution in [0.4, 0.5) is 33.5 Å². The first-order valence-electron chi connectivity index (χ1n) is 24.8. The van der Waals surface area contributed by atoms with E-state index in [1.807, 2.05) is 56.9 Å². The summed E-state index contributed by atoms with van der Waals surface area (Å²) in [6, 6.07) is 20.8. The lowest BCUT2D eigenvalue weighted by atomic mass is 9.80. The van der Waals surface area contributed by atoms with Gasteiger partial charge in [-0.2, -0.15) is 15.2 Å². The third-order valence-electron chi connectivity index (χ3n) is 13.4. The van der Waals surface area contributed by atoms with E-state index in [1.165, 1.54) is 35.1 Å². The Labute approximate surface area is 438 Å². The topological polar surface area (TPSA) is 244 Å². The maximum atomic E-state index is 14.3. The van der Waals surface area contributed by atoms with Crippen LogP contribution in [0.3, 0.4) is 0 Å². The van der Waals surface area contributed by atoms with Gasteiger partial charge in [0.05, 0.1) is 50.9 Å². The van der Waals surface area contributed by atoms with Crippen LogP contribution in [0.5, 0.6) is 17.2 Å². The zero-order chi connectivity index (χ0) is 54.3. The Morgan fingerprint density at radius 1 is 0.868 bits per heavy atom. The van der Waals surface area contributed by atoms with Gasteiger partial charge in [-0.15, -0.1) is 6.58 Å². The molecule has 0 atom stereocenters. The summed E-state index contributed by atoms with van der Waals surface area (Å²) in [4.78, 5) is 83.4. The zero-order valence-electron chi connectivity index (χ0n) is 43.8. The monoisotopic (exact) mass is 1040 g/mol. The number of piperazine rings is 1. The Morgan fingerprint density at radius 2 is 1.57 bits per heavy atom. The van der Waals surface area contributed by atoms with E-state index in [0.29, 0.717) is 94.9 Å². The van der Waals surface area contributed by atoms with Crippen LogP contribution in [0, 0.1) is 5.41 Å². The van der Waals surface area contributed by atoms with E-state index in [4.69, 9.17) is 19.2 Å². The molecule has 0 aliphatic carbocycles. The van der Waals surface area contributed by atoms with Gasteiger partial charge in [-0.25, -0.2) is 34.1 Å². The number of allylic oxidation sites excluding steroid dienone is 1. The largest absolute Gasteiger partial charge is 0.493 e. The molecule has 3 aliphatic rings. The number of carbonyl (C=O) groups excluding carboxylic acids is 4. The number of benzene rings is 3. The second-order valence-electron chi connectivity index (χ2n) is 20.5. The predicted octanol–water partition coefficient (Wildman–Crippen LogP) is 7.30. The summed E-state index contributed by atoms with van der Waals surface area (Å²) in [5, 5.41) is 28.0. The fourth-order valence-corrected chi connectivity index (χ4v) is 9.94. The number of hydrazine groups is 1. The van der Waals surface area contributed by atoms with E-state index in [-0.39, 0.29) is 49.4 Å². The zero-order valence-corrected chi connectivity index (χ0v) is 43.8. The molecule has 3 N–H and O–H groups in total. The van der Waals surface area contributed by atoms with Crippen molar-refractivity contribution in [3.8, 4) is 23.1 Å². The smallest absolute Gasteiger partial charge is 0.342 e. The highest BCUT2D eigenvalue weighted by Crippen LogP contribution is 2.45. The number of hydrogen-bond acceptors (Lipinski definition) is 16. The molecule has 22 nitrogen and oxygen atoms in total. The van der Waals surface area contributed by atoms with E-state index < -0.39 is 28.6 Å². The number of aliphatic hydroxyl groups is 1. The highest BCUT2D eigenvalue weighted by Gasteiger charge is 2.41. The summed E-state index contributed by atoms with van der Waals surface area (Å²) in [6.07, 6.45) is 3.54. The van der Waals surface area contributed by atoms with Gasteiger partial charge in [0.25, 0.3) is 11.5 Å². The molecule has 0 unspecified atom stereocenters. The molecule has 22 heteroatoms. The number of carbonyl (C=O) groups is 4. The summed E-state index contributed by atoms with van der Waals surface area (Å²) in [7, 11) is 3.01. The summed E-state index contributed by atoms with van der Waals surface area (Å²) in [5.41, 5.74) is 1.07. The molecule has 3 aromatic carbocycles. The second-order valence-corrected chi connectivity index (χ2v) is 20.5. The van der Waals surface area contributed by atoms with Crippen LogP contribution in [0.2, 0.25) is 0 Å². The lowest BCUT2D eigenvalue weighted by Crippen LogP contribution is -2.56. The van der Waals surface area contributed by atoms with Gasteiger partial charge in [-0.1, -0.05) is 32.1 Å². The number of imide groups is 1. The SMILES string of the molecule is C=CCn1c(=O)c2cnc(Nc3ccc(N4CCN(C(=O)C(C)(C)CC(C)(C)Oc5c(OC)cc(N=Nc6cccc7c6CN(N6CCC(=O)NC6=O)C7=O)cc5OC)CC4)cc3)nc2n1-c1cccc(C(C)(C)O)n1. The van der Waals surface area contributed by atoms with Crippen molar-refractivity contribution >= 4 is 63.5 Å². The number of amides is 5. The van der Waals surface area contributed by atoms with Crippen LogP contribution in [0.1, 0.15) is 76.0 Å². The number of anilines is 3. The lowest BCUT2D eigenvalue weighted by Gasteiger charge is -2.41. The van der Waals surface area contributed by atoms with Gasteiger partial charge in [-0.3, -0.25) is 24.5 Å². The van der Waals surface area contributed by atoms with Crippen molar-refractivity contribution in [1.29, 1.82) is 0 Å². The number of rotatable bonds is 17. The van der Waals surface area contributed by atoms with Gasteiger partial charge in [0, 0.05) is 85.3 Å². The van der Waals surface area contributed by atoms with Gasteiger partial charge >= 0.3 is 6.03 Å². The minimum atomic E-state index is -1.21. The van der Waals surface area contributed by atoms with Crippen molar-refractivity contribution in [2.75, 3.05) is 57.2 Å². The molecule has 3 aliphatic heterocycles. The van der Waals surface area contributed by atoms with Gasteiger partial charge < -0.3 is 34.4 Å². The third-order valence-corrected chi connectivity index (χ3v) is 13.4. The molecule has 5 amide bonds. The first kappa shape index (κ1) is 52.2. The lowest BCUT2D eigenvalue weighted by molar-refractivity contribution is -0.143. The van der Waals surface area contributed by atoms with Crippen LogP contribution in [0.15, 0.2) is 107 Å². The fraction of sp³-hybridized carbons (Fsp3) is 0.370. The van der Waals surface area contributed by atoms with Crippen LogP contribution < -0.4 is 35.3 Å². The average molecular weight is 1040 g/mol. The number of nitrogens with zero attached hydrogens (tertiary/aromatic N) is 11.